The van der Waals surface area contributed by atoms with Crippen LogP contribution < -0.4 is 5.32 Å². The number of alkyl halides is 3. The maximum absolute atomic E-state index is 13.2. The summed E-state index contributed by atoms with van der Waals surface area (Å²) < 4.78 is 40.9. The monoisotopic (exact) mass is 326 g/mol. The molecule has 0 aromatic carbocycles. The fraction of sp³-hybridized carbons (Fsp3) is 0.357. The Hall–Kier alpha value is -2.58. The van der Waals surface area contributed by atoms with Crippen LogP contribution >= 0.6 is 0 Å². The normalized spacial score (nSPS) is 16.2. The average Bonchev–Trinajstić information content (AvgIpc) is 3.17. The van der Waals surface area contributed by atoms with Gasteiger partial charge in [0.05, 0.1) is 17.6 Å². The molecular weight excluding hydrogens is 313 g/mol. The maximum Gasteiger partial charge on any atom is 0.410 e. The van der Waals surface area contributed by atoms with Crippen molar-refractivity contribution in [3.8, 4) is 5.69 Å². The van der Waals surface area contributed by atoms with Crippen LogP contribution in [0.2, 0.25) is 0 Å². The number of amides is 1. The van der Waals surface area contributed by atoms with Gasteiger partial charge in [0.2, 0.25) is 0 Å². The lowest BCUT2D eigenvalue weighted by Crippen LogP contribution is -2.29. The second-order valence-corrected chi connectivity index (χ2v) is 5.49. The Bertz CT molecular complexity index is 748. The minimum atomic E-state index is -4.42. The number of carbonyl (C=O) groups is 1. The third kappa shape index (κ3) is 2.62. The summed E-state index contributed by atoms with van der Waals surface area (Å²) in [6.07, 6.45) is -4.47. The number of nitrogens with one attached hydrogen (secondary N) is 1. The Morgan fingerprint density at radius 3 is 2.57 bits per heavy atom. The van der Waals surface area contributed by atoms with E-state index in [1.54, 1.807) is 19.1 Å². The van der Waals surface area contributed by atoms with Crippen LogP contribution in [-0.2, 0) is 5.41 Å². The molecule has 0 saturated heterocycles. The molecule has 1 saturated carbocycles. The molecule has 2 aromatic heterocycles. The molecule has 1 fully saturated rings. The van der Waals surface area contributed by atoms with E-state index in [0.29, 0.717) is 5.69 Å². The molecule has 6 nitrogen and oxygen atoms in total. The number of nitrogens with zero attached hydrogens (tertiary/aromatic N) is 3. The van der Waals surface area contributed by atoms with Crippen molar-refractivity contribution in [3.05, 3.63) is 35.8 Å². The van der Waals surface area contributed by atoms with Gasteiger partial charge < -0.3 is 5.11 Å². The lowest BCUT2D eigenvalue weighted by atomic mass is 10.0. The number of rotatable bonds is 3. The van der Waals surface area contributed by atoms with E-state index in [0.717, 1.165) is 16.4 Å². The first-order valence-corrected chi connectivity index (χ1v) is 6.83. The summed E-state index contributed by atoms with van der Waals surface area (Å²) in [6.45, 7) is 1.76. The third-order valence-corrected chi connectivity index (χ3v) is 3.87. The van der Waals surface area contributed by atoms with Gasteiger partial charge in [-0.15, -0.1) is 0 Å². The summed E-state index contributed by atoms with van der Waals surface area (Å²) in [7, 11) is 0. The van der Waals surface area contributed by atoms with Crippen LogP contribution in [-0.4, -0.2) is 32.1 Å². The highest BCUT2D eigenvalue weighted by Crippen LogP contribution is 2.58. The Balaban J connectivity index is 2.08. The van der Waals surface area contributed by atoms with Gasteiger partial charge in [0.15, 0.2) is 0 Å². The molecule has 1 amide bonds. The fourth-order valence-corrected chi connectivity index (χ4v) is 2.41. The number of anilines is 1. The molecule has 1 aliphatic rings. The van der Waals surface area contributed by atoms with Gasteiger partial charge in [-0.05, 0) is 31.9 Å². The van der Waals surface area contributed by atoms with Gasteiger partial charge in [-0.3, -0.25) is 10.3 Å². The van der Waals surface area contributed by atoms with E-state index in [2.05, 4.69) is 15.4 Å². The van der Waals surface area contributed by atoms with Crippen molar-refractivity contribution in [2.24, 2.45) is 0 Å². The number of halogens is 3. The van der Waals surface area contributed by atoms with Crippen molar-refractivity contribution in [2.75, 3.05) is 5.32 Å². The van der Waals surface area contributed by atoms with Crippen LogP contribution in [0.25, 0.3) is 5.69 Å². The number of aromatic nitrogens is 3. The Morgan fingerprint density at radius 2 is 2.09 bits per heavy atom. The molecule has 0 aliphatic heterocycles. The third-order valence-electron chi connectivity index (χ3n) is 3.87. The largest absolute Gasteiger partial charge is 0.465 e. The lowest BCUT2D eigenvalue weighted by molar-refractivity contribution is -0.161. The summed E-state index contributed by atoms with van der Waals surface area (Å²) in [4.78, 5) is 14.9. The van der Waals surface area contributed by atoms with E-state index in [9.17, 15) is 18.0 Å². The molecule has 0 radical (unpaired) electrons. The zero-order valence-corrected chi connectivity index (χ0v) is 12.1. The minimum absolute atomic E-state index is 0.0475. The quantitative estimate of drug-likeness (QED) is 0.907. The van der Waals surface area contributed by atoms with Gasteiger partial charge in [-0.2, -0.15) is 18.3 Å². The minimum Gasteiger partial charge on any atom is -0.465 e. The predicted octanol–water partition coefficient (Wildman–Crippen LogP) is 3.26. The molecule has 2 aromatic rings. The second-order valence-electron chi connectivity index (χ2n) is 5.49. The van der Waals surface area contributed by atoms with Crippen molar-refractivity contribution < 1.29 is 23.1 Å². The van der Waals surface area contributed by atoms with Crippen LogP contribution in [0, 0.1) is 6.92 Å². The second kappa shape index (κ2) is 4.97. The molecule has 23 heavy (non-hydrogen) atoms. The summed E-state index contributed by atoms with van der Waals surface area (Å²) >= 11 is 0. The number of aryl methyl sites for hydroxylation is 1. The molecule has 9 heteroatoms. The molecule has 2 N–H and O–H groups in total. The molecule has 2 heterocycles. The van der Waals surface area contributed by atoms with Crippen LogP contribution in [0.3, 0.4) is 0 Å². The smallest absolute Gasteiger partial charge is 0.410 e. The number of hydrogen-bond donors (Lipinski definition) is 2. The Morgan fingerprint density at radius 1 is 1.39 bits per heavy atom. The first kappa shape index (κ1) is 15.3. The van der Waals surface area contributed by atoms with E-state index in [1.807, 2.05) is 0 Å². The van der Waals surface area contributed by atoms with Crippen LogP contribution in [0.15, 0.2) is 24.4 Å². The molecule has 1 aliphatic carbocycles. The van der Waals surface area contributed by atoms with E-state index >= 15 is 0 Å². The van der Waals surface area contributed by atoms with Gasteiger partial charge >= 0.3 is 12.3 Å². The number of carboxylic acid groups (broad SMARTS) is 1. The zero-order valence-electron chi connectivity index (χ0n) is 12.1. The van der Waals surface area contributed by atoms with E-state index < -0.39 is 17.7 Å². The van der Waals surface area contributed by atoms with E-state index in [4.69, 9.17) is 5.11 Å². The molecule has 3 rings (SSSR count). The van der Waals surface area contributed by atoms with Gasteiger partial charge in [0.25, 0.3) is 0 Å². The first-order chi connectivity index (χ1) is 10.7. The lowest BCUT2D eigenvalue weighted by Gasteiger charge is -2.16. The van der Waals surface area contributed by atoms with Gasteiger partial charge in [-0.1, -0.05) is 0 Å². The zero-order chi connectivity index (χ0) is 16.8. The predicted molar refractivity (Wildman–Crippen MR) is 74.7 cm³/mol. The number of pyridine rings is 1. The van der Waals surface area contributed by atoms with Crippen molar-refractivity contribution in [1.82, 2.24) is 14.8 Å². The fourth-order valence-electron chi connectivity index (χ4n) is 2.41. The molecule has 0 unspecified atom stereocenters. The summed E-state index contributed by atoms with van der Waals surface area (Å²) in [5.41, 5.74) is -1.06. The SMILES string of the molecule is Cc1ccc(-n2nc(C3(C(F)(F)F)CC3)cc2NC(=O)O)cn1. The van der Waals surface area contributed by atoms with E-state index in [1.165, 1.54) is 6.20 Å². The average molecular weight is 326 g/mol. The molecule has 0 bridgehead atoms. The highest BCUT2D eigenvalue weighted by molar-refractivity contribution is 5.82. The molecular formula is C14H13F3N4O2. The van der Waals surface area contributed by atoms with Gasteiger partial charge in [-0.25, -0.2) is 9.48 Å². The highest BCUT2D eigenvalue weighted by atomic mass is 19.4. The molecule has 122 valence electrons. The Labute approximate surface area is 129 Å². The van der Waals surface area contributed by atoms with Gasteiger partial charge in [0, 0.05) is 11.8 Å². The molecule has 0 spiro atoms. The van der Waals surface area contributed by atoms with Crippen molar-refractivity contribution in [2.45, 2.75) is 31.4 Å². The number of hydrogen-bond acceptors (Lipinski definition) is 3. The maximum atomic E-state index is 13.2. The van der Waals surface area contributed by atoms with Crippen molar-refractivity contribution in [3.63, 3.8) is 0 Å². The van der Waals surface area contributed by atoms with E-state index in [-0.39, 0.29) is 24.4 Å². The standard InChI is InChI=1S/C14H13F3N4O2/c1-8-2-3-9(7-18-8)21-11(19-12(22)23)6-10(20-21)13(4-5-13)14(15,16)17/h2-3,6-7,19H,4-5H2,1H3,(H,22,23). The van der Waals surface area contributed by atoms with Gasteiger partial charge in [0.1, 0.15) is 11.2 Å². The highest BCUT2D eigenvalue weighted by Gasteiger charge is 2.65. The van der Waals surface area contributed by atoms with Crippen LogP contribution in [0.4, 0.5) is 23.8 Å². The summed E-state index contributed by atoms with van der Waals surface area (Å²) in [5, 5.41) is 15.0. The first-order valence-electron chi connectivity index (χ1n) is 6.83. The van der Waals surface area contributed by atoms with Crippen LogP contribution in [0.1, 0.15) is 24.2 Å². The van der Waals surface area contributed by atoms with Crippen LogP contribution in [0.5, 0.6) is 0 Å². The van der Waals surface area contributed by atoms with Crippen molar-refractivity contribution >= 4 is 11.9 Å². The summed E-state index contributed by atoms with van der Waals surface area (Å²) in [6, 6.07) is 4.41. The molecule has 0 atom stereocenters. The summed E-state index contributed by atoms with van der Waals surface area (Å²) in [5.74, 6) is -0.0475. The Kier molecular flexibility index (Phi) is 3.31. The topological polar surface area (TPSA) is 80.0 Å². The van der Waals surface area contributed by atoms with Crippen molar-refractivity contribution in [1.29, 1.82) is 0 Å².